The quantitative estimate of drug-likeness (QED) is 0.771. The average molecular weight is 382 g/mol. The Bertz CT molecular complexity index is 911. The van der Waals surface area contributed by atoms with Crippen LogP contribution in [0.2, 0.25) is 0 Å². The molecule has 0 spiro atoms. The molecule has 1 aliphatic heterocycles. The minimum absolute atomic E-state index is 0.00949. The molecule has 7 nitrogen and oxygen atoms in total. The summed E-state index contributed by atoms with van der Waals surface area (Å²) in [7, 11) is 0. The standard InChI is InChI=1S/C21H22N2O5/c1-13-11-15-7-3-5-9-17(15)23(13)21(26)14(2)28-19(24)12-27-18-10-6-4-8-16(18)20(22)25/h3-10,13-14H,11-12H2,1-2H3,(H2,22,25)/t13-,14-/m1/s1. The number of benzene rings is 2. The molecule has 0 aromatic heterocycles. The van der Waals surface area contributed by atoms with Crippen LogP contribution in [-0.2, 0) is 20.7 Å². The number of fused-ring (bicyclic) bond motifs is 1. The molecule has 0 unspecified atom stereocenters. The van der Waals surface area contributed by atoms with Crippen LogP contribution >= 0.6 is 0 Å². The second kappa shape index (κ2) is 8.12. The Morgan fingerprint density at radius 1 is 1.14 bits per heavy atom. The number of hydrogen-bond donors (Lipinski definition) is 1. The molecule has 1 aliphatic rings. The topological polar surface area (TPSA) is 98.9 Å². The Labute approximate surface area is 163 Å². The van der Waals surface area contributed by atoms with E-state index in [-0.39, 0.29) is 23.3 Å². The van der Waals surface area contributed by atoms with Crippen molar-refractivity contribution in [2.24, 2.45) is 5.73 Å². The van der Waals surface area contributed by atoms with E-state index in [0.717, 1.165) is 17.7 Å². The minimum atomic E-state index is -0.962. The highest BCUT2D eigenvalue weighted by Gasteiger charge is 2.34. The maximum absolute atomic E-state index is 12.8. The van der Waals surface area contributed by atoms with Crippen molar-refractivity contribution >= 4 is 23.5 Å². The first-order valence-corrected chi connectivity index (χ1v) is 9.00. The fourth-order valence-electron chi connectivity index (χ4n) is 3.31. The van der Waals surface area contributed by atoms with Crippen LogP contribution in [0, 0.1) is 0 Å². The first-order valence-electron chi connectivity index (χ1n) is 9.00. The van der Waals surface area contributed by atoms with E-state index in [1.54, 1.807) is 17.0 Å². The third-order valence-corrected chi connectivity index (χ3v) is 4.60. The maximum atomic E-state index is 12.8. The van der Waals surface area contributed by atoms with Gasteiger partial charge in [-0.2, -0.15) is 0 Å². The molecule has 28 heavy (non-hydrogen) atoms. The zero-order valence-electron chi connectivity index (χ0n) is 15.8. The van der Waals surface area contributed by atoms with Gasteiger partial charge in [0.15, 0.2) is 12.7 Å². The Morgan fingerprint density at radius 2 is 1.82 bits per heavy atom. The summed E-state index contributed by atoms with van der Waals surface area (Å²) in [6.45, 7) is 3.05. The highest BCUT2D eigenvalue weighted by molar-refractivity contribution is 5.99. The first-order chi connectivity index (χ1) is 13.4. The molecule has 2 amide bonds. The molecule has 0 saturated carbocycles. The van der Waals surface area contributed by atoms with Crippen molar-refractivity contribution < 1.29 is 23.9 Å². The molecule has 7 heteroatoms. The van der Waals surface area contributed by atoms with Gasteiger partial charge in [0, 0.05) is 11.7 Å². The van der Waals surface area contributed by atoms with Gasteiger partial charge < -0.3 is 20.1 Å². The van der Waals surface area contributed by atoms with Crippen LogP contribution < -0.4 is 15.4 Å². The summed E-state index contributed by atoms with van der Waals surface area (Å²) in [5.41, 5.74) is 7.38. The molecule has 2 atom stereocenters. The van der Waals surface area contributed by atoms with Gasteiger partial charge in [-0.15, -0.1) is 0 Å². The molecular weight excluding hydrogens is 360 g/mol. The Kier molecular flexibility index (Phi) is 5.63. The Morgan fingerprint density at radius 3 is 2.57 bits per heavy atom. The number of carbonyl (C=O) groups excluding carboxylic acids is 3. The smallest absolute Gasteiger partial charge is 0.344 e. The van der Waals surface area contributed by atoms with Gasteiger partial charge in [-0.25, -0.2) is 4.79 Å². The van der Waals surface area contributed by atoms with Gasteiger partial charge in [0.05, 0.1) is 5.56 Å². The summed E-state index contributed by atoms with van der Waals surface area (Å²) in [5.74, 6) is -1.47. The predicted octanol–water partition coefficient (Wildman–Crippen LogP) is 2.07. The zero-order valence-corrected chi connectivity index (χ0v) is 15.8. The Hall–Kier alpha value is -3.35. The summed E-state index contributed by atoms with van der Waals surface area (Å²) >= 11 is 0. The van der Waals surface area contributed by atoms with E-state index in [0.29, 0.717) is 0 Å². The van der Waals surface area contributed by atoms with Crippen molar-refractivity contribution in [1.29, 1.82) is 0 Å². The lowest BCUT2D eigenvalue weighted by Gasteiger charge is -2.25. The zero-order chi connectivity index (χ0) is 20.3. The first kappa shape index (κ1) is 19.4. The van der Waals surface area contributed by atoms with Crippen molar-refractivity contribution in [3.8, 4) is 5.75 Å². The number of ether oxygens (including phenoxy) is 2. The number of nitrogens with two attached hydrogens (primary N) is 1. The molecule has 146 valence electrons. The molecule has 2 aromatic carbocycles. The number of nitrogens with zero attached hydrogens (tertiary/aromatic N) is 1. The Balaban J connectivity index is 1.60. The van der Waals surface area contributed by atoms with Crippen LogP contribution in [-0.4, -0.2) is 36.5 Å². The van der Waals surface area contributed by atoms with Gasteiger partial charge in [0.2, 0.25) is 0 Å². The van der Waals surface area contributed by atoms with E-state index in [4.69, 9.17) is 15.2 Å². The summed E-state index contributed by atoms with van der Waals surface area (Å²) in [6, 6.07) is 14.0. The number of rotatable bonds is 6. The van der Waals surface area contributed by atoms with Crippen molar-refractivity contribution in [2.75, 3.05) is 11.5 Å². The molecule has 0 radical (unpaired) electrons. The molecule has 2 aromatic rings. The fourth-order valence-corrected chi connectivity index (χ4v) is 3.31. The van der Waals surface area contributed by atoms with E-state index in [1.165, 1.54) is 19.1 Å². The van der Waals surface area contributed by atoms with Gasteiger partial charge >= 0.3 is 5.97 Å². The monoisotopic (exact) mass is 382 g/mol. The lowest BCUT2D eigenvalue weighted by atomic mass is 10.1. The van der Waals surface area contributed by atoms with E-state index in [1.807, 2.05) is 31.2 Å². The van der Waals surface area contributed by atoms with Gasteiger partial charge in [-0.3, -0.25) is 9.59 Å². The highest BCUT2D eigenvalue weighted by atomic mass is 16.6. The number of primary amides is 1. The van der Waals surface area contributed by atoms with Gasteiger partial charge in [0.1, 0.15) is 5.75 Å². The molecule has 0 fully saturated rings. The van der Waals surface area contributed by atoms with Crippen LogP contribution in [0.25, 0.3) is 0 Å². The van der Waals surface area contributed by atoms with Crippen molar-refractivity contribution in [2.45, 2.75) is 32.4 Å². The molecular formula is C21H22N2O5. The summed E-state index contributed by atoms with van der Waals surface area (Å²) in [5, 5.41) is 0. The number of para-hydroxylation sites is 2. The van der Waals surface area contributed by atoms with Crippen molar-refractivity contribution in [1.82, 2.24) is 0 Å². The number of esters is 1. The summed E-state index contributed by atoms with van der Waals surface area (Å²) < 4.78 is 10.6. The van der Waals surface area contributed by atoms with Crippen LogP contribution in [0.4, 0.5) is 5.69 Å². The van der Waals surface area contributed by atoms with Gasteiger partial charge in [-0.1, -0.05) is 30.3 Å². The maximum Gasteiger partial charge on any atom is 0.344 e. The predicted molar refractivity (Wildman–Crippen MR) is 103 cm³/mol. The number of hydrogen-bond acceptors (Lipinski definition) is 5. The van der Waals surface area contributed by atoms with Crippen LogP contribution in [0.1, 0.15) is 29.8 Å². The van der Waals surface area contributed by atoms with Gasteiger partial charge in [-0.05, 0) is 44.0 Å². The molecule has 2 N–H and O–H groups in total. The lowest BCUT2D eigenvalue weighted by Crippen LogP contribution is -2.43. The van der Waals surface area contributed by atoms with E-state index in [2.05, 4.69) is 0 Å². The summed E-state index contributed by atoms with van der Waals surface area (Å²) in [4.78, 5) is 38.0. The van der Waals surface area contributed by atoms with Gasteiger partial charge in [0.25, 0.3) is 11.8 Å². The third kappa shape index (κ3) is 3.98. The molecule has 0 aliphatic carbocycles. The second-order valence-electron chi connectivity index (χ2n) is 6.67. The minimum Gasteiger partial charge on any atom is -0.481 e. The van der Waals surface area contributed by atoms with Crippen LogP contribution in [0.5, 0.6) is 5.75 Å². The summed E-state index contributed by atoms with van der Waals surface area (Å²) in [6.07, 6.45) is -0.202. The fraction of sp³-hybridized carbons (Fsp3) is 0.286. The average Bonchev–Trinajstić information content (AvgIpc) is 3.01. The van der Waals surface area contributed by atoms with Crippen LogP contribution in [0.3, 0.4) is 0 Å². The van der Waals surface area contributed by atoms with Crippen molar-refractivity contribution in [3.63, 3.8) is 0 Å². The SMILES string of the molecule is C[C@@H]1Cc2ccccc2N1C(=O)[C@@H](C)OC(=O)COc1ccccc1C(N)=O. The molecule has 0 bridgehead atoms. The third-order valence-electron chi connectivity index (χ3n) is 4.60. The lowest BCUT2D eigenvalue weighted by molar-refractivity contribution is -0.155. The number of carbonyl (C=O) groups is 3. The number of anilines is 1. The van der Waals surface area contributed by atoms with E-state index < -0.39 is 24.6 Å². The normalized spacial score (nSPS) is 16.2. The molecule has 0 saturated heterocycles. The second-order valence-corrected chi connectivity index (χ2v) is 6.67. The van der Waals surface area contributed by atoms with Crippen LogP contribution in [0.15, 0.2) is 48.5 Å². The number of amides is 2. The molecule has 3 rings (SSSR count). The largest absolute Gasteiger partial charge is 0.481 e. The molecule has 1 heterocycles. The van der Waals surface area contributed by atoms with E-state index >= 15 is 0 Å². The van der Waals surface area contributed by atoms with E-state index in [9.17, 15) is 14.4 Å². The van der Waals surface area contributed by atoms with Crippen molar-refractivity contribution in [3.05, 3.63) is 59.7 Å². The highest BCUT2D eigenvalue weighted by Crippen LogP contribution is 2.32.